The van der Waals surface area contributed by atoms with Crippen molar-refractivity contribution in [3.63, 3.8) is 0 Å². The molecule has 0 unspecified atom stereocenters. The largest absolute Gasteiger partial charge is 0.339 e. The van der Waals surface area contributed by atoms with Gasteiger partial charge in [-0.2, -0.15) is 0 Å². The highest BCUT2D eigenvalue weighted by atomic mass is 32.2. The number of carbonyl (C=O) groups excluding carboxylic acids is 2. The fourth-order valence-corrected chi connectivity index (χ4v) is 3.88. The molecule has 2 amide bonds. The fourth-order valence-electron chi connectivity index (χ4n) is 3.10. The molecule has 0 saturated heterocycles. The van der Waals surface area contributed by atoms with Gasteiger partial charge in [-0.15, -0.1) is 11.8 Å². The molecule has 0 radical (unpaired) electrons. The average molecular weight is 334 g/mol. The minimum Gasteiger partial charge on any atom is -0.339 e. The van der Waals surface area contributed by atoms with Crippen LogP contribution >= 0.6 is 11.8 Å². The zero-order chi connectivity index (χ0) is 16.7. The normalized spacial score (nSPS) is 15.2. The summed E-state index contributed by atoms with van der Waals surface area (Å²) in [6.07, 6.45) is 6.08. The van der Waals surface area contributed by atoms with Crippen LogP contribution < -0.4 is 5.32 Å². The van der Waals surface area contributed by atoms with E-state index in [1.165, 1.54) is 26.2 Å². The molecule has 1 fully saturated rings. The second-order valence-electron chi connectivity index (χ2n) is 5.97. The molecule has 4 nitrogen and oxygen atoms in total. The van der Waals surface area contributed by atoms with E-state index in [4.69, 9.17) is 0 Å². The second kappa shape index (κ2) is 8.96. The summed E-state index contributed by atoms with van der Waals surface area (Å²) in [4.78, 5) is 26.6. The lowest BCUT2D eigenvalue weighted by atomic mass is 9.94. The molecule has 0 aliphatic heterocycles. The first-order valence-electron chi connectivity index (χ1n) is 8.40. The summed E-state index contributed by atoms with van der Waals surface area (Å²) in [5.41, 5.74) is 0.783. The number of amides is 2. The Hall–Kier alpha value is -1.49. The Morgan fingerprint density at radius 3 is 2.39 bits per heavy atom. The average Bonchev–Trinajstić information content (AvgIpc) is 2.55. The molecule has 5 heteroatoms. The fraction of sp³-hybridized carbons (Fsp3) is 0.556. The number of thioether (sulfide) groups is 1. The lowest BCUT2D eigenvalue weighted by Crippen LogP contribution is -2.42. The first kappa shape index (κ1) is 17.9. The summed E-state index contributed by atoms with van der Waals surface area (Å²) in [5, 5.41) is 2.74. The van der Waals surface area contributed by atoms with Crippen LogP contribution in [0.15, 0.2) is 29.2 Å². The highest BCUT2D eigenvalue weighted by Gasteiger charge is 2.23. The van der Waals surface area contributed by atoms with Gasteiger partial charge in [0.05, 0.1) is 5.75 Å². The summed E-state index contributed by atoms with van der Waals surface area (Å²) in [6, 6.07) is 8.06. The Morgan fingerprint density at radius 1 is 1.17 bits per heavy atom. The summed E-state index contributed by atoms with van der Waals surface area (Å²) < 4.78 is 0. The Kier molecular flexibility index (Phi) is 6.96. The van der Waals surface area contributed by atoms with Crippen LogP contribution in [0.2, 0.25) is 0 Å². The van der Waals surface area contributed by atoms with Crippen LogP contribution in [0.3, 0.4) is 0 Å². The Bertz CT molecular complexity index is 524. The zero-order valence-electron chi connectivity index (χ0n) is 14.0. The van der Waals surface area contributed by atoms with Crippen molar-refractivity contribution < 1.29 is 9.59 Å². The van der Waals surface area contributed by atoms with E-state index >= 15 is 0 Å². The van der Waals surface area contributed by atoms with E-state index < -0.39 is 0 Å². The van der Waals surface area contributed by atoms with Crippen molar-refractivity contribution >= 4 is 29.3 Å². The molecule has 23 heavy (non-hydrogen) atoms. The van der Waals surface area contributed by atoms with E-state index in [1.54, 1.807) is 11.8 Å². The van der Waals surface area contributed by atoms with Gasteiger partial charge >= 0.3 is 0 Å². The van der Waals surface area contributed by atoms with E-state index in [9.17, 15) is 9.59 Å². The molecule has 1 aliphatic carbocycles. The van der Waals surface area contributed by atoms with E-state index in [2.05, 4.69) is 17.1 Å². The standard InChI is InChI=1S/C18H26N2O2S/c1-3-20(16-7-5-4-6-8-16)18(22)13-23-17-11-9-15(10-12-17)19-14(2)21/h9-12,16H,3-8,13H2,1-2H3,(H,19,21). The van der Waals surface area contributed by atoms with Gasteiger partial charge in [0.15, 0.2) is 0 Å². The lowest BCUT2D eigenvalue weighted by Gasteiger charge is -2.33. The molecule has 0 atom stereocenters. The van der Waals surface area contributed by atoms with Gasteiger partial charge < -0.3 is 10.2 Å². The number of anilines is 1. The molecule has 0 spiro atoms. The molecule has 0 heterocycles. The van der Waals surface area contributed by atoms with Crippen LogP contribution in [0, 0.1) is 0 Å². The molecule has 126 valence electrons. The first-order chi connectivity index (χ1) is 11.1. The van der Waals surface area contributed by atoms with Crippen LogP contribution in [-0.2, 0) is 9.59 Å². The predicted octanol–water partition coefficient (Wildman–Crippen LogP) is 3.92. The van der Waals surface area contributed by atoms with Crippen molar-refractivity contribution in [3.05, 3.63) is 24.3 Å². The summed E-state index contributed by atoms with van der Waals surface area (Å²) in [5.74, 6) is 0.631. The van der Waals surface area contributed by atoms with Gasteiger partial charge in [0.1, 0.15) is 0 Å². The molecule has 1 aromatic carbocycles. The third kappa shape index (κ3) is 5.57. The number of nitrogens with zero attached hydrogens (tertiary/aromatic N) is 1. The van der Waals surface area contributed by atoms with E-state index in [0.717, 1.165) is 30.0 Å². The third-order valence-corrected chi connectivity index (χ3v) is 5.21. The van der Waals surface area contributed by atoms with Crippen molar-refractivity contribution in [1.29, 1.82) is 0 Å². The number of rotatable bonds is 6. The number of carbonyl (C=O) groups is 2. The van der Waals surface area contributed by atoms with Gasteiger partial charge in [0, 0.05) is 30.1 Å². The van der Waals surface area contributed by atoms with Crippen LogP contribution in [0.25, 0.3) is 0 Å². The lowest BCUT2D eigenvalue weighted by molar-refractivity contribution is -0.131. The van der Waals surface area contributed by atoms with Gasteiger partial charge in [-0.1, -0.05) is 19.3 Å². The summed E-state index contributed by atoms with van der Waals surface area (Å²) >= 11 is 1.56. The molecular formula is C18H26N2O2S. The molecule has 1 N–H and O–H groups in total. The van der Waals surface area contributed by atoms with Gasteiger partial charge in [-0.25, -0.2) is 0 Å². The van der Waals surface area contributed by atoms with Crippen molar-refractivity contribution in [2.45, 2.75) is 56.9 Å². The van der Waals surface area contributed by atoms with E-state index in [0.29, 0.717) is 11.8 Å². The number of benzene rings is 1. The maximum absolute atomic E-state index is 12.5. The molecule has 1 aliphatic rings. The van der Waals surface area contributed by atoms with Crippen LogP contribution in [0.4, 0.5) is 5.69 Å². The molecule has 0 bridgehead atoms. The summed E-state index contributed by atoms with van der Waals surface area (Å²) in [6.45, 7) is 4.36. The quantitative estimate of drug-likeness (QED) is 0.802. The van der Waals surface area contributed by atoms with Gasteiger partial charge in [0.2, 0.25) is 11.8 Å². The monoisotopic (exact) mass is 334 g/mol. The maximum Gasteiger partial charge on any atom is 0.233 e. The van der Waals surface area contributed by atoms with Crippen molar-refractivity contribution in [3.8, 4) is 0 Å². The molecule has 1 saturated carbocycles. The summed E-state index contributed by atoms with van der Waals surface area (Å²) in [7, 11) is 0. The van der Waals surface area contributed by atoms with E-state index in [-0.39, 0.29) is 11.8 Å². The molecular weight excluding hydrogens is 308 g/mol. The minimum atomic E-state index is -0.0772. The van der Waals surface area contributed by atoms with Crippen LogP contribution in [-0.4, -0.2) is 35.1 Å². The zero-order valence-corrected chi connectivity index (χ0v) is 14.8. The SMILES string of the molecule is CCN(C(=O)CSc1ccc(NC(C)=O)cc1)C1CCCCC1. The molecule has 0 aromatic heterocycles. The number of hydrogen-bond donors (Lipinski definition) is 1. The Labute approximate surface area is 143 Å². The Balaban J connectivity index is 1.85. The van der Waals surface area contributed by atoms with Gasteiger partial charge in [-0.05, 0) is 44.0 Å². The van der Waals surface area contributed by atoms with Crippen molar-refractivity contribution in [2.75, 3.05) is 17.6 Å². The van der Waals surface area contributed by atoms with Gasteiger partial charge in [0.25, 0.3) is 0 Å². The topological polar surface area (TPSA) is 49.4 Å². The third-order valence-electron chi connectivity index (χ3n) is 4.21. The first-order valence-corrected chi connectivity index (χ1v) is 9.38. The smallest absolute Gasteiger partial charge is 0.233 e. The van der Waals surface area contributed by atoms with E-state index in [1.807, 2.05) is 24.3 Å². The van der Waals surface area contributed by atoms with Crippen LogP contribution in [0.1, 0.15) is 46.0 Å². The minimum absolute atomic E-state index is 0.0772. The highest BCUT2D eigenvalue weighted by molar-refractivity contribution is 8.00. The van der Waals surface area contributed by atoms with Crippen molar-refractivity contribution in [2.24, 2.45) is 0 Å². The van der Waals surface area contributed by atoms with Crippen molar-refractivity contribution in [1.82, 2.24) is 4.90 Å². The Morgan fingerprint density at radius 2 is 1.83 bits per heavy atom. The van der Waals surface area contributed by atoms with Crippen LogP contribution in [0.5, 0.6) is 0 Å². The number of hydrogen-bond acceptors (Lipinski definition) is 3. The highest BCUT2D eigenvalue weighted by Crippen LogP contribution is 2.25. The second-order valence-corrected chi connectivity index (χ2v) is 7.01. The van der Waals surface area contributed by atoms with Gasteiger partial charge in [-0.3, -0.25) is 9.59 Å². The predicted molar refractivity (Wildman–Crippen MR) is 95.7 cm³/mol. The molecule has 1 aromatic rings. The molecule has 2 rings (SSSR count). The number of nitrogens with one attached hydrogen (secondary N) is 1. The maximum atomic E-state index is 12.5.